The van der Waals surface area contributed by atoms with E-state index >= 15 is 0 Å². The molecule has 1 aromatic carbocycles. The smallest absolute Gasteiger partial charge is 0.257 e. The van der Waals surface area contributed by atoms with Crippen LogP contribution in [0.2, 0.25) is 0 Å². The molecule has 136 valence electrons. The molecule has 3 aromatic rings. The number of nitrogens with zero attached hydrogens (tertiary/aromatic N) is 3. The fourth-order valence-corrected chi connectivity index (χ4v) is 3.66. The van der Waals surface area contributed by atoms with E-state index in [9.17, 15) is 9.90 Å². The van der Waals surface area contributed by atoms with Crippen molar-refractivity contribution < 1.29 is 18.8 Å². The molecule has 1 fully saturated rings. The summed E-state index contributed by atoms with van der Waals surface area (Å²) in [5.41, 5.74) is 1.18. The first-order chi connectivity index (χ1) is 12.5. The summed E-state index contributed by atoms with van der Waals surface area (Å²) >= 11 is 0. The predicted molar refractivity (Wildman–Crippen MR) is 93.8 cm³/mol. The molecule has 2 aromatic heterocycles. The summed E-state index contributed by atoms with van der Waals surface area (Å²) in [6.07, 6.45) is 3.05. The first-order valence-electron chi connectivity index (χ1n) is 8.73. The number of furan rings is 1. The number of amides is 1. The Morgan fingerprint density at radius 3 is 3.00 bits per heavy atom. The van der Waals surface area contributed by atoms with E-state index in [4.69, 9.17) is 8.94 Å². The van der Waals surface area contributed by atoms with Crippen molar-refractivity contribution in [3.63, 3.8) is 0 Å². The highest BCUT2D eigenvalue weighted by Gasteiger charge is 2.37. The highest BCUT2D eigenvalue weighted by Crippen LogP contribution is 2.29. The Labute approximate surface area is 150 Å². The van der Waals surface area contributed by atoms with Gasteiger partial charge in [0.05, 0.1) is 24.1 Å². The van der Waals surface area contributed by atoms with Crippen LogP contribution < -0.4 is 0 Å². The fourth-order valence-electron chi connectivity index (χ4n) is 3.66. The molecular formula is C19H21N3O4. The van der Waals surface area contributed by atoms with Crippen LogP contribution in [0.4, 0.5) is 0 Å². The number of carbonyl (C=O) groups excluding carboxylic acids is 1. The third-order valence-corrected chi connectivity index (χ3v) is 4.92. The summed E-state index contributed by atoms with van der Waals surface area (Å²) in [5.74, 6) is 0.797. The molecule has 3 heterocycles. The monoisotopic (exact) mass is 355 g/mol. The highest BCUT2D eigenvalue weighted by atomic mass is 16.5. The average molecular weight is 355 g/mol. The van der Waals surface area contributed by atoms with Gasteiger partial charge in [0.25, 0.3) is 5.91 Å². The number of para-hydroxylation sites is 1. The standard InChI is InChI=1S/C19H21N3O4/c1-12-5-3-6-14-15(10-25-17(12)14)18(23)22-8-4-7-19(24,11-22)9-16-20-13(2)21-26-16/h3,5-6,10,24H,4,7-9,11H2,1-2H3. The molecule has 0 saturated carbocycles. The van der Waals surface area contributed by atoms with Crippen molar-refractivity contribution in [3.8, 4) is 0 Å². The number of rotatable bonds is 3. The van der Waals surface area contributed by atoms with Gasteiger partial charge in [-0.15, -0.1) is 0 Å². The minimum absolute atomic E-state index is 0.130. The van der Waals surface area contributed by atoms with Crippen molar-refractivity contribution in [2.24, 2.45) is 0 Å². The van der Waals surface area contributed by atoms with Gasteiger partial charge in [0, 0.05) is 11.9 Å². The van der Waals surface area contributed by atoms with Gasteiger partial charge in [-0.25, -0.2) is 0 Å². The van der Waals surface area contributed by atoms with E-state index in [1.807, 2.05) is 25.1 Å². The number of carbonyl (C=O) groups is 1. The van der Waals surface area contributed by atoms with Gasteiger partial charge in [0.1, 0.15) is 11.8 Å². The molecule has 1 N–H and O–H groups in total. The van der Waals surface area contributed by atoms with E-state index in [-0.39, 0.29) is 18.9 Å². The maximum absolute atomic E-state index is 13.0. The number of likely N-dealkylation sites (tertiary alicyclic amines) is 1. The molecular weight excluding hydrogens is 334 g/mol. The number of hydrogen-bond donors (Lipinski definition) is 1. The van der Waals surface area contributed by atoms with E-state index in [1.165, 1.54) is 6.26 Å². The molecule has 1 atom stereocenters. The lowest BCUT2D eigenvalue weighted by Crippen LogP contribution is -2.51. The van der Waals surface area contributed by atoms with Crippen LogP contribution in [0.1, 0.15) is 40.5 Å². The lowest BCUT2D eigenvalue weighted by molar-refractivity contribution is -0.0286. The van der Waals surface area contributed by atoms with Gasteiger partial charge >= 0.3 is 0 Å². The minimum atomic E-state index is -1.07. The number of aromatic nitrogens is 2. The van der Waals surface area contributed by atoms with Crippen LogP contribution in [-0.2, 0) is 6.42 Å². The minimum Gasteiger partial charge on any atom is -0.463 e. The van der Waals surface area contributed by atoms with Crippen LogP contribution in [0.3, 0.4) is 0 Å². The van der Waals surface area contributed by atoms with Crippen molar-refractivity contribution in [1.29, 1.82) is 0 Å². The average Bonchev–Trinajstić information content (AvgIpc) is 3.21. The van der Waals surface area contributed by atoms with E-state index in [2.05, 4.69) is 10.1 Å². The van der Waals surface area contributed by atoms with Crippen LogP contribution >= 0.6 is 0 Å². The molecule has 1 aliphatic heterocycles. The number of β-amino-alcohol motifs (C(OH)–C–C–N with tert-alkyl or cyclic N) is 1. The topological polar surface area (TPSA) is 92.6 Å². The molecule has 1 aliphatic rings. The second-order valence-corrected chi connectivity index (χ2v) is 7.07. The number of fused-ring (bicyclic) bond motifs is 1. The molecule has 0 radical (unpaired) electrons. The molecule has 4 rings (SSSR count). The van der Waals surface area contributed by atoms with Crippen molar-refractivity contribution in [2.75, 3.05) is 13.1 Å². The first kappa shape index (κ1) is 16.8. The number of aryl methyl sites for hydroxylation is 2. The zero-order chi connectivity index (χ0) is 18.3. The van der Waals surface area contributed by atoms with Crippen molar-refractivity contribution in [1.82, 2.24) is 15.0 Å². The third kappa shape index (κ3) is 2.99. The van der Waals surface area contributed by atoms with Crippen LogP contribution in [0.5, 0.6) is 0 Å². The molecule has 1 amide bonds. The van der Waals surface area contributed by atoms with Crippen LogP contribution in [0.25, 0.3) is 11.0 Å². The summed E-state index contributed by atoms with van der Waals surface area (Å²) in [5, 5.41) is 15.5. The Morgan fingerprint density at radius 2 is 2.23 bits per heavy atom. The summed E-state index contributed by atoms with van der Waals surface area (Å²) in [4.78, 5) is 18.9. The Hall–Kier alpha value is -2.67. The lowest BCUT2D eigenvalue weighted by Gasteiger charge is -2.38. The van der Waals surface area contributed by atoms with Crippen molar-refractivity contribution in [3.05, 3.63) is 47.3 Å². The SMILES string of the molecule is Cc1noc(CC2(O)CCCN(C(=O)c3coc4c(C)cccc34)C2)n1. The molecule has 0 spiro atoms. The normalized spacial score (nSPS) is 20.7. The Kier molecular flexibility index (Phi) is 4.03. The molecule has 0 bridgehead atoms. The third-order valence-electron chi connectivity index (χ3n) is 4.92. The maximum Gasteiger partial charge on any atom is 0.257 e. The zero-order valence-corrected chi connectivity index (χ0v) is 14.9. The van der Waals surface area contributed by atoms with Crippen LogP contribution in [0.15, 0.2) is 33.4 Å². The summed E-state index contributed by atoms with van der Waals surface area (Å²) in [7, 11) is 0. The molecule has 7 heteroatoms. The molecule has 26 heavy (non-hydrogen) atoms. The zero-order valence-electron chi connectivity index (χ0n) is 14.9. The molecule has 7 nitrogen and oxygen atoms in total. The Bertz CT molecular complexity index is 961. The second kappa shape index (κ2) is 6.25. The summed E-state index contributed by atoms with van der Waals surface area (Å²) in [6, 6.07) is 5.75. The number of aliphatic hydroxyl groups is 1. The second-order valence-electron chi connectivity index (χ2n) is 7.07. The lowest BCUT2D eigenvalue weighted by atomic mass is 9.89. The van der Waals surface area contributed by atoms with Gasteiger partial charge in [0.2, 0.25) is 5.89 Å². The first-order valence-corrected chi connectivity index (χ1v) is 8.73. The Balaban J connectivity index is 1.57. The van der Waals surface area contributed by atoms with Crippen molar-refractivity contribution in [2.45, 2.75) is 38.7 Å². The van der Waals surface area contributed by atoms with Gasteiger partial charge in [-0.2, -0.15) is 4.98 Å². The van der Waals surface area contributed by atoms with Gasteiger partial charge in [-0.05, 0) is 32.3 Å². The Morgan fingerprint density at radius 1 is 1.38 bits per heavy atom. The predicted octanol–water partition coefficient (Wildman–Crippen LogP) is 2.64. The van der Waals surface area contributed by atoms with Gasteiger partial charge in [0.15, 0.2) is 5.82 Å². The van der Waals surface area contributed by atoms with E-state index in [0.717, 1.165) is 16.5 Å². The van der Waals surface area contributed by atoms with Crippen LogP contribution in [0, 0.1) is 13.8 Å². The summed E-state index contributed by atoms with van der Waals surface area (Å²) < 4.78 is 10.7. The molecule has 1 saturated heterocycles. The maximum atomic E-state index is 13.0. The van der Waals surface area contributed by atoms with Crippen LogP contribution in [-0.4, -0.2) is 44.7 Å². The highest BCUT2D eigenvalue weighted by molar-refractivity contribution is 6.06. The van der Waals surface area contributed by atoms with Gasteiger partial charge in [-0.1, -0.05) is 23.4 Å². The number of hydrogen-bond acceptors (Lipinski definition) is 6. The summed E-state index contributed by atoms with van der Waals surface area (Å²) in [6.45, 7) is 4.51. The van der Waals surface area contributed by atoms with E-state index in [1.54, 1.807) is 11.8 Å². The van der Waals surface area contributed by atoms with Gasteiger partial charge in [-0.3, -0.25) is 4.79 Å². The molecule has 1 unspecified atom stereocenters. The van der Waals surface area contributed by atoms with E-state index < -0.39 is 5.60 Å². The fraction of sp³-hybridized carbons (Fsp3) is 0.421. The van der Waals surface area contributed by atoms with Gasteiger partial charge < -0.3 is 18.9 Å². The largest absolute Gasteiger partial charge is 0.463 e. The number of benzene rings is 1. The van der Waals surface area contributed by atoms with E-state index in [0.29, 0.717) is 36.7 Å². The quantitative estimate of drug-likeness (QED) is 0.776. The van der Waals surface area contributed by atoms with Crippen molar-refractivity contribution >= 4 is 16.9 Å². The number of piperidine rings is 1. The molecule has 0 aliphatic carbocycles.